The van der Waals surface area contributed by atoms with Crippen molar-refractivity contribution in [2.45, 2.75) is 71.8 Å². The van der Waals surface area contributed by atoms with Crippen LogP contribution in [0.1, 0.15) is 71.3 Å². The Morgan fingerprint density at radius 3 is 2.42 bits per heavy atom. The summed E-state index contributed by atoms with van der Waals surface area (Å²) in [6.45, 7) is 6.78. The topological polar surface area (TPSA) is 66.8 Å². The van der Waals surface area contributed by atoms with Crippen molar-refractivity contribution in [3.63, 3.8) is 0 Å². The Balaban J connectivity index is 1.94. The van der Waals surface area contributed by atoms with E-state index in [1.807, 2.05) is 38.1 Å². The first-order valence-corrected chi connectivity index (χ1v) is 12.3. The van der Waals surface area contributed by atoms with E-state index in [0.29, 0.717) is 22.3 Å². The second kappa shape index (κ2) is 12.9. The van der Waals surface area contributed by atoms with Gasteiger partial charge in [0.1, 0.15) is 16.1 Å². The Morgan fingerprint density at radius 2 is 1.81 bits per heavy atom. The first-order chi connectivity index (χ1) is 14.8. The van der Waals surface area contributed by atoms with E-state index in [0.717, 1.165) is 29.5 Å². The molecule has 1 N–H and O–H groups in total. The van der Waals surface area contributed by atoms with Gasteiger partial charge < -0.3 is 9.84 Å². The molecule has 2 rings (SSSR count). The highest BCUT2D eigenvalue weighted by Crippen LogP contribution is 2.35. The number of thioether (sulfide) groups is 1. The predicted molar refractivity (Wildman–Crippen MR) is 131 cm³/mol. The zero-order valence-electron chi connectivity index (χ0n) is 18.6. The quantitative estimate of drug-likeness (QED) is 0.216. The monoisotopic (exact) mass is 463 g/mol. The number of benzene rings is 1. The smallest absolute Gasteiger partial charge is 0.326 e. The Morgan fingerprint density at radius 1 is 1.16 bits per heavy atom. The van der Waals surface area contributed by atoms with Crippen molar-refractivity contribution in [1.29, 1.82) is 0 Å². The first kappa shape index (κ1) is 25.4. The van der Waals surface area contributed by atoms with Crippen molar-refractivity contribution in [2.75, 3.05) is 6.61 Å². The number of carbonyl (C=O) groups excluding carboxylic acids is 1. The SMILES string of the molecule is CCCCCCCCOc1ccc(/C=C2/SC(=S)N([C@H](CC(C)C)C(=O)O)C2=O)cc1. The van der Waals surface area contributed by atoms with E-state index in [2.05, 4.69) is 6.92 Å². The molecule has 5 nitrogen and oxygen atoms in total. The summed E-state index contributed by atoms with van der Waals surface area (Å²) in [4.78, 5) is 26.2. The molecule has 1 atom stereocenters. The van der Waals surface area contributed by atoms with Crippen LogP contribution in [0.15, 0.2) is 29.2 Å². The number of unbranched alkanes of at least 4 members (excludes halogenated alkanes) is 5. The molecule has 1 saturated heterocycles. The van der Waals surface area contributed by atoms with E-state index >= 15 is 0 Å². The summed E-state index contributed by atoms with van der Waals surface area (Å²) in [5.41, 5.74) is 0.850. The normalized spacial score (nSPS) is 16.4. The molecule has 0 aromatic heterocycles. The highest BCUT2D eigenvalue weighted by molar-refractivity contribution is 8.26. The maximum Gasteiger partial charge on any atom is 0.326 e. The summed E-state index contributed by atoms with van der Waals surface area (Å²) >= 11 is 6.47. The van der Waals surface area contributed by atoms with Gasteiger partial charge in [0.15, 0.2) is 0 Å². The zero-order valence-corrected chi connectivity index (χ0v) is 20.3. The van der Waals surface area contributed by atoms with Crippen LogP contribution in [-0.4, -0.2) is 38.9 Å². The fourth-order valence-electron chi connectivity index (χ4n) is 3.40. The Hall–Kier alpha value is -1.86. The lowest BCUT2D eigenvalue weighted by Gasteiger charge is -2.24. The zero-order chi connectivity index (χ0) is 22.8. The molecule has 1 aliphatic rings. The van der Waals surface area contributed by atoms with Crippen molar-refractivity contribution in [3.8, 4) is 5.75 Å². The van der Waals surface area contributed by atoms with E-state index in [-0.39, 0.29) is 11.8 Å². The average Bonchev–Trinajstić information content (AvgIpc) is 2.99. The second-order valence-corrected chi connectivity index (χ2v) is 9.90. The number of carboxylic acid groups (broad SMARTS) is 1. The van der Waals surface area contributed by atoms with Gasteiger partial charge in [-0.25, -0.2) is 4.79 Å². The van der Waals surface area contributed by atoms with Gasteiger partial charge in [0.2, 0.25) is 0 Å². The van der Waals surface area contributed by atoms with Gasteiger partial charge in [0, 0.05) is 0 Å². The number of carbonyl (C=O) groups is 2. The molecule has 1 aliphatic heterocycles. The Kier molecular flexibility index (Phi) is 10.5. The number of hydrogen-bond donors (Lipinski definition) is 1. The molecule has 0 unspecified atom stereocenters. The van der Waals surface area contributed by atoms with Gasteiger partial charge in [-0.3, -0.25) is 9.69 Å². The van der Waals surface area contributed by atoms with Gasteiger partial charge in [0.05, 0.1) is 11.5 Å². The minimum absolute atomic E-state index is 0.138. The van der Waals surface area contributed by atoms with E-state index in [4.69, 9.17) is 17.0 Å². The number of rotatable bonds is 13. The highest BCUT2D eigenvalue weighted by Gasteiger charge is 2.40. The molecule has 0 aliphatic carbocycles. The van der Waals surface area contributed by atoms with E-state index in [9.17, 15) is 14.7 Å². The first-order valence-electron chi connectivity index (χ1n) is 11.1. The molecule has 0 saturated carbocycles. The van der Waals surface area contributed by atoms with Crippen LogP contribution in [0, 0.1) is 5.92 Å². The van der Waals surface area contributed by atoms with Crippen molar-refractivity contribution in [1.82, 2.24) is 4.90 Å². The Bertz CT molecular complexity index is 789. The van der Waals surface area contributed by atoms with Crippen LogP contribution in [-0.2, 0) is 9.59 Å². The van der Waals surface area contributed by atoms with Crippen LogP contribution in [0.25, 0.3) is 6.08 Å². The molecule has 7 heteroatoms. The number of aliphatic carboxylic acids is 1. The van der Waals surface area contributed by atoms with Crippen molar-refractivity contribution >= 4 is 46.3 Å². The molecular weight excluding hydrogens is 430 g/mol. The van der Waals surface area contributed by atoms with Crippen LogP contribution in [0.5, 0.6) is 5.75 Å². The summed E-state index contributed by atoms with van der Waals surface area (Å²) in [7, 11) is 0. The highest BCUT2D eigenvalue weighted by atomic mass is 32.2. The van der Waals surface area contributed by atoms with Crippen molar-refractivity contribution in [2.24, 2.45) is 5.92 Å². The van der Waals surface area contributed by atoms with Gasteiger partial charge in [0.25, 0.3) is 5.91 Å². The molecule has 1 amide bonds. The summed E-state index contributed by atoms with van der Waals surface area (Å²) in [5, 5.41) is 9.57. The second-order valence-electron chi connectivity index (χ2n) is 8.22. The van der Waals surface area contributed by atoms with Gasteiger partial charge >= 0.3 is 5.97 Å². The minimum atomic E-state index is -1.03. The molecule has 0 spiro atoms. The van der Waals surface area contributed by atoms with Crippen LogP contribution in [0.2, 0.25) is 0 Å². The van der Waals surface area contributed by atoms with Gasteiger partial charge in [-0.05, 0) is 42.5 Å². The number of carboxylic acids is 1. The third kappa shape index (κ3) is 7.96. The fourth-order valence-corrected chi connectivity index (χ4v) is 4.75. The maximum atomic E-state index is 12.8. The third-order valence-electron chi connectivity index (χ3n) is 5.06. The van der Waals surface area contributed by atoms with Crippen LogP contribution in [0.3, 0.4) is 0 Å². The number of amides is 1. The Labute approximate surface area is 195 Å². The summed E-state index contributed by atoms with van der Waals surface area (Å²) in [6.07, 6.45) is 9.46. The van der Waals surface area contributed by atoms with Crippen molar-refractivity contribution in [3.05, 3.63) is 34.7 Å². The molecule has 170 valence electrons. The van der Waals surface area contributed by atoms with Crippen LogP contribution < -0.4 is 4.74 Å². The van der Waals surface area contributed by atoms with E-state index in [1.165, 1.54) is 37.0 Å². The van der Waals surface area contributed by atoms with Gasteiger partial charge in [-0.1, -0.05) is 89.0 Å². The van der Waals surface area contributed by atoms with Gasteiger partial charge in [-0.2, -0.15) is 0 Å². The number of hydrogen-bond acceptors (Lipinski definition) is 5. The predicted octanol–water partition coefficient (Wildman–Crippen LogP) is 6.13. The molecule has 1 heterocycles. The molecule has 31 heavy (non-hydrogen) atoms. The summed E-state index contributed by atoms with van der Waals surface area (Å²) in [6, 6.07) is 6.64. The molecule has 1 aromatic carbocycles. The molecular formula is C24H33NO4S2. The largest absolute Gasteiger partial charge is 0.494 e. The van der Waals surface area contributed by atoms with Gasteiger partial charge in [-0.15, -0.1) is 0 Å². The number of ether oxygens (including phenoxy) is 1. The standard InChI is InChI=1S/C24H33NO4S2/c1-4-5-6-7-8-9-14-29-19-12-10-18(11-13-19)16-21-22(26)25(24(30)31-21)20(23(27)28)15-17(2)3/h10-13,16-17,20H,4-9,14-15H2,1-3H3,(H,27,28)/b21-16+/t20-/m1/s1. The fraction of sp³-hybridized carbons (Fsp3) is 0.542. The van der Waals surface area contributed by atoms with Crippen molar-refractivity contribution < 1.29 is 19.4 Å². The lowest BCUT2D eigenvalue weighted by atomic mass is 10.0. The van der Waals surface area contributed by atoms with Crippen LogP contribution in [0.4, 0.5) is 0 Å². The molecule has 0 bridgehead atoms. The molecule has 1 aromatic rings. The minimum Gasteiger partial charge on any atom is -0.494 e. The van der Waals surface area contributed by atoms with E-state index in [1.54, 1.807) is 6.08 Å². The summed E-state index contributed by atoms with van der Waals surface area (Å²) < 4.78 is 6.10. The third-order valence-corrected chi connectivity index (χ3v) is 6.39. The maximum absolute atomic E-state index is 12.8. The number of thiocarbonyl (C=S) groups is 1. The molecule has 1 fully saturated rings. The average molecular weight is 464 g/mol. The molecule has 0 radical (unpaired) electrons. The number of nitrogens with zero attached hydrogens (tertiary/aromatic N) is 1. The lowest BCUT2D eigenvalue weighted by molar-refractivity contribution is -0.145. The van der Waals surface area contributed by atoms with Crippen LogP contribution >= 0.6 is 24.0 Å². The summed E-state index contributed by atoms with van der Waals surface area (Å²) in [5.74, 6) is -0.427. The van der Waals surface area contributed by atoms with E-state index < -0.39 is 12.0 Å². The lowest BCUT2D eigenvalue weighted by Crippen LogP contribution is -2.44.